The molecular formula is C28H27N5O4S. The first-order chi connectivity index (χ1) is 18.4. The van der Waals surface area contributed by atoms with Crippen molar-refractivity contribution in [3.05, 3.63) is 84.4 Å². The highest BCUT2D eigenvalue weighted by Gasteiger charge is 2.17. The quantitative estimate of drug-likeness (QED) is 0.102. The molecule has 1 aromatic heterocycles. The zero-order chi connectivity index (χ0) is 26.9. The summed E-state index contributed by atoms with van der Waals surface area (Å²) >= 11 is 1.26. The molecule has 1 heterocycles. The van der Waals surface area contributed by atoms with E-state index in [1.807, 2.05) is 66.1 Å². The van der Waals surface area contributed by atoms with Gasteiger partial charge in [-0.2, -0.15) is 5.10 Å². The normalized spacial score (nSPS) is 11.2. The molecule has 0 bridgehead atoms. The fourth-order valence-corrected chi connectivity index (χ4v) is 4.28. The van der Waals surface area contributed by atoms with E-state index >= 15 is 0 Å². The number of carbonyl (C=O) groups is 2. The van der Waals surface area contributed by atoms with Crippen LogP contribution in [0, 0.1) is 0 Å². The van der Waals surface area contributed by atoms with Gasteiger partial charge in [0.05, 0.1) is 18.1 Å². The number of amides is 1. The van der Waals surface area contributed by atoms with E-state index in [0.717, 1.165) is 22.6 Å². The van der Waals surface area contributed by atoms with E-state index in [9.17, 15) is 9.59 Å². The highest BCUT2D eigenvalue weighted by Crippen LogP contribution is 2.28. The van der Waals surface area contributed by atoms with E-state index in [4.69, 9.17) is 9.47 Å². The van der Waals surface area contributed by atoms with Gasteiger partial charge >= 0.3 is 5.97 Å². The molecule has 10 heteroatoms. The third-order valence-electron chi connectivity index (χ3n) is 5.29. The first-order valence-electron chi connectivity index (χ1n) is 11.9. The molecule has 0 fully saturated rings. The summed E-state index contributed by atoms with van der Waals surface area (Å²) in [6.45, 7) is 5.65. The summed E-state index contributed by atoms with van der Waals surface area (Å²) in [6, 6.07) is 24.3. The fraction of sp³-hybridized carbons (Fsp3) is 0.179. The molecule has 38 heavy (non-hydrogen) atoms. The van der Waals surface area contributed by atoms with Crippen LogP contribution in [-0.2, 0) is 9.59 Å². The predicted octanol–water partition coefficient (Wildman–Crippen LogP) is 4.89. The molecular weight excluding hydrogens is 502 g/mol. The molecule has 0 saturated heterocycles. The second-order valence-corrected chi connectivity index (χ2v) is 9.02. The number of esters is 1. The average molecular weight is 530 g/mol. The van der Waals surface area contributed by atoms with Crippen molar-refractivity contribution in [1.29, 1.82) is 0 Å². The van der Waals surface area contributed by atoms with E-state index in [1.54, 1.807) is 31.2 Å². The van der Waals surface area contributed by atoms with Crippen LogP contribution in [0.5, 0.6) is 11.5 Å². The maximum absolute atomic E-state index is 12.6. The molecule has 9 nitrogen and oxygen atoms in total. The summed E-state index contributed by atoms with van der Waals surface area (Å²) in [5.74, 6) is 1.31. The Morgan fingerprint density at radius 1 is 0.921 bits per heavy atom. The molecule has 0 aliphatic heterocycles. The van der Waals surface area contributed by atoms with Crippen molar-refractivity contribution in [3.8, 4) is 28.6 Å². The van der Waals surface area contributed by atoms with Crippen LogP contribution in [0.1, 0.15) is 26.3 Å². The lowest BCUT2D eigenvalue weighted by atomic mass is 10.1. The number of thioether (sulfide) groups is 1. The second-order valence-electron chi connectivity index (χ2n) is 8.07. The van der Waals surface area contributed by atoms with Crippen molar-refractivity contribution >= 4 is 29.4 Å². The molecule has 1 N–H and O–H groups in total. The summed E-state index contributed by atoms with van der Waals surface area (Å²) in [7, 11) is 0. The number of nitrogens with zero attached hydrogens (tertiary/aromatic N) is 4. The minimum atomic E-state index is -0.387. The first kappa shape index (κ1) is 26.6. The summed E-state index contributed by atoms with van der Waals surface area (Å²) < 4.78 is 12.5. The van der Waals surface area contributed by atoms with Gasteiger partial charge in [-0.15, -0.1) is 10.2 Å². The maximum Gasteiger partial charge on any atom is 0.308 e. The minimum absolute atomic E-state index is 0.0894. The Morgan fingerprint density at radius 2 is 1.61 bits per heavy atom. The number of nitrogens with one attached hydrogen (secondary N) is 1. The zero-order valence-electron chi connectivity index (χ0n) is 21.2. The standard InChI is InChI=1S/C28H27N5O4S/c1-4-36-24-16-12-23(13-17-24)33-27(22-8-6-5-7-9-22)31-32-28(33)38-18-26(35)30-29-19(2)21-10-14-25(15-11-21)37-20(3)34/h5-17H,4,18H2,1-3H3,(H,30,35)/b29-19-. The lowest BCUT2D eigenvalue weighted by Crippen LogP contribution is -2.21. The number of aromatic nitrogens is 3. The maximum atomic E-state index is 12.6. The molecule has 4 rings (SSSR count). The van der Waals surface area contributed by atoms with Gasteiger partial charge < -0.3 is 9.47 Å². The van der Waals surface area contributed by atoms with Crippen LogP contribution in [0.4, 0.5) is 0 Å². The van der Waals surface area contributed by atoms with Crippen molar-refractivity contribution in [2.75, 3.05) is 12.4 Å². The Balaban J connectivity index is 1.47. The third kappa shape index (κ3) is 6.86. The van der Waals surface area contributed by atoms with E-state index in [-0.39, 0.29) is 17.6 Å². The molecule has 0 radical (unpaired) electrons. The van der Waals surface area contributed by atoms with Gasteiger partial charge in [-0.25, -0.2) is 5.43 Å². The monoisotopic (exact) mass is 529 g/mol. The Labute approximate surface area is 224 Å². The molecule has 0 unspecified atom stereocenters. The van der Waals surface area contributed by atoms with Gasteiger partial charge in [0.2, 0.25) is 0 Å². The summed E-state index contributed by atoms with van der Waals surface area (Å²) in [5, 5.41) is 13.5. The van der Waals surface area contributed by atoms with E-state index in [0.29, 0.717) is 29.0 Å². The molecule has 0 aliphatic carbocycles. The topological polar surface area (TPSA) is 108 Å². The third-order valence-corrected chi connectivity index (χ3v) is 6.21. The average Bonchev–Trinajstić information content (AvgIpc) is 3.36. The van der Waals surface area contributed by atoms with Crippen molar-refractivity contribution < 1.29 is 19.1 Å². The van der Waals surface area contributed by atoms with Crippen LogP contribution < -0.4 is 14.9 Å². The number of hydrazone groups is 1. The Kier molecular flexibility index (Phi) is 8.89. The van der Waals surface area contributed by atoms with Gasteiger partial charge in [0, 0.05) is 18.2 Å². The molecule has 0 saturated carbocycles. The van der Waals surface area contributed by atoms with Crippen LogP contribution in [0.2, 0.25) is 0 Å². The number of rotatable bonds is 10. The number of hydrogen-bond acceptors (Lipinski definition) is 8. The SMILES string of the molecule is CCOc1ccc(-n2c(SCC(=O)N/N=C(/C)c3ccc(OC(C)=O)cc3)nnc2-c2ccccc2)cc1. The van der Waals surface area contributed by atoms with E-state index in [2.05, 4.69) is 20.7 Å². The van der Waals surface area contributed by atoms with Crippen LogP contribution >= 0.6 is 11.8 Å². The number of ether oxygens (including phenoxy) is 2. The number of benzene rings is 3. The molecule has 1 amide bonds. The van der Waals surface area contributed by atoms with Gasteiger partial charge in [0.15, 0.2) is 11.0 Å². The van der Waals surface area contributed by atoms with Gasteiger partial charge in [-0.3, -0.25) is 14.2 Å². The Morgan fingerprint density at radius 3 is 2.26 bits per heavy atom. The lowest BCUT2D eigenvalue weighted by molar-refractivity contribution is -0.131. The first-order valence-corrected chi connectivity index (χ1v) is 12.9. The van der Waals surface area contributed by atoms with Gasteiger partial charge in [-0.05, 0) is 67.9 Å². The smallest absolute Gasteiger partial charge is 0.308 e. The molecule has 0 atom stereocenters. The van der Waals surface area contributed by atoms with Crippen LogP contribution in [-0.4, -0.2) is 44.7 Å². The minimum Gasteiger partial charge on any atom is -0.494 e. The molecule has 194 valence electrons. The summed E-state index contributed by atoms with van der Waals surface area (Å²) in [5.41, 5.74) is 5.75. The lowest BCUT2D eigenvalue weighted by Gasteiger charge is -2.11. The second kappa shape index (κ2) is 12.7. The van der Waals surface area contributed by atoms with Gasteiger partial charge in [0.1, 0.15) is 11.5 Å². The number of carbonyl (C=O) groups excluding carboxylic acids is 2. The highest BCUT2D eigenvalue weighted by molar-refractivity contribution is 7.99. The summed E-state index contributed by atoms with van der Waals surface area (Å²) in [4.78, 5) is 23.7. The van der Waals surface area contributed by atoms with Crippen LogP contribution in [0.3, 0.4) is 0 Å². The molecule has 4 aromatic rings. The summed E-state index contributed by atoms with van der Waals surface area (Å²) in [6.07, 6.45) is 0. The predicted molar refractivity (Wildman–Crippen MR) is 147 cm³/mol. The Hall–Kier alpha value is -4.44. The van der Waals surface area contributed by atoms with E-state index in [1.165, 1.54) is 18.7 Å². The van der Waals surface area contributed by atoms with Crippen molar-refractivity contribution in [2.24, 2.45) is 5.10 Å². The van der Waals surface area contributed by atoms with Gasteiger partial charge in [-0.1, -0.05) is 42.1 Å². The fourth-order valence-electron chi connectivity index (χ4n) is 3.53. The number of hydrogen-bond donors (Lipinski definition) is 1. The van der Waals surface area contributed by atoms with E-state index < -0.39 is 0 Å². The van der Waals surface area contributed by atoms with Crippen molar-refractivity contribution in [1.82, 2.24) is 20.2 Å². The van der Waals surface area contributed by atoms with Crippen molar-refractivity contribution in [3.63, 3.8) is 0 Å². The van der Waals surface area contributed by atoms with Crippen LogP contribution in [0.25, 0.3) is 17.1 Å². The molecule has 0 spiro atoms. The zero-order valence-corrected chi connectivity index (χ0v) is 22.1. The largest absolute Gasteiger partial charge is 0.494 e. The molecule has 3 aromatic carbocycles. The Bertz CT molecular complexity index is 1420. The highest BCUT2D eigenvalue weighted by atomic mass is 32.2. The van der Waals surface area contributed by atoms with Crippen LogP contribution in [0.15, 0.2) is 89.1 Å². The van der Waals surface area contributed by atoms with Crippen molar-refractivity contribution in [2.45, 2.75) is 25.9 Å². The molecule has 0 aliphatic rings. The van der Waals surface area contributed by atoms with Gasteiger partial charge in [0.25, 0.3) is 5.91 Å².